The van der Waals surface area contributed by atoms with Crippen LogP contribution >= 0.6 is 0 Å². The van der Waals surface area contributed by atoms with E-state index in [1.54, 1.807) is 0 Å². The summed E-state index contributed by atoms with van der Waals surface area (Å²) in [5.41, 5.74) is -0.0215. The molecule has 0 bridgehead atoms. The molecule has 1 N–H and O–H groups in total. The molecule has 1 unspecified atom stereocenters. The summed E-state index contributed by atoms with van der Waals surface area (Å²) in [4.78, 5) is 12.4. The summed E-state index contributed by atoms with van der Waals surface area (Å²) < 4.78 is 11.2. The van der Waals surface area contributed by atoms with E-state index in [-0.39, 0.29) is 5.91 Å². The van der Waals surface area contributed by atoms with Crippen molar-refractivity contribution in [1.29, 1.82) is 0 Å². The summed E-state index contributed by atoms with van der Waals surface area (Å²) in [5.74, 6) is 0.712. The second-order valence-corrected chi connectivity index (χ2v) is 5.24. The molecule has 0 saturated heterocycles. The van der Waals surface area contributed by atoms with Gasteiger partial charge in [-0.05, 0) is 51.0 Å². The molecule has 0 aliphatic heterocycles. The number of hydrogen-bond donors (Lipinski definition) is 1. The number of amides is 1. The Balaban J connectivity index is 2.68. The van der Waals surface area contributed by atoms with E-state index in [1.165, 1.54) is 0 Å². The summed E-state index contributed by atoms with van der Waals surface area (Å²) in [6.07, 6.45) is 2.57. The van der Waals surface area contributed by atoms with Gasteiger partial charge in [-0.15, -0.1) is 0 Å². The molecule has 0 radical (unpaired) electrons. The fourth-order valence-corrected chi connectivity index (χ4v) is 2.16. The lowest BCUT2D eigenvalue weighted by atomic mass is 9.99. The Morgan fingerprint density at radius 1 is 1.14 bits per heavy atom. The Kier molecular flexibility index (Phi) is 7.23. The minimum Gasteiger partial charge on any atom is -0.494 e. The molecule has 1 atom stereocenters. The molecule has 1 aromatic carbocycles. The monoisotopic (exact) mass is 293 g/mol. The first-order chi connectivity index (χ1) is 10.1. The largest absolute Gasteiger partial charge is 0.494 e. The van der Waals surface area contributed by atoms with Gasteiger partial charge in [-0.25, -0.2) is 0 Å². The number of nitrogens with one attached hydrogen (secondary N) is 1. The van der Waals surface area contributed by atoms with Gasteiger partial charge < -0.3 is 14.8 Å². The van der Waals surface area contributed by atoms with Crippen LogP contribution in [0, 0.1) is 0 Å². The van der Waals surface area contributed by atoms with Crippen LogP contribution in [0.2, 0.25) is 0 Å². The molecule has 4 heteroatoms. The minimum absolute atomic E-state index is 0.103. The number of carbonyl (C=O) groups is 1. The van der Waals surface area contributed by atoms with Crippen LogP contribution < -0.4 is 10.1 Å². The Hall–Kier alpha value is -1.55. The van der Waals surface area contributed by atoms with Crippen molar-refractivity contribution in [2.45, 2.75) is 52.6 Å². The Morgan fingerprint density at radius 2 is 1.81 bits per heavy atom. The third-order valence-corrected chi connectivity index (χ3v) is 3.26. The zero-order chi connectivity index (χ0) is 15.7. The van der Waals surface area contributed by atoms with Gasteiger partial charge in [0.05, 0.1) is 6.61 Å². The highest BCUT2D eigenvalue weighted by atomic mass is 16.5. The van der Waals surface area contributed by atoms with Gasteiger partial charge in [0.15, 0.2) is 0 Å². The van der Waals surface area contributed by atoms with Gasteiger partial charge in [-0.1, -0.05) is 20.3 Å². The van der Waals surface area contributed by atoms with Crippen LogP contribution in [0.3, 0.4) is 0 Å². The van der Waals surface area contributed by atoms with Gasteiger partial charge in [0.2, 0.25) is 0 Å². The molecule has 0 aromatic heterocycles. The quantitative estimate of drug-likeness (QED) is 0.748. The van der Waals surface area contributed by atoms with Gasteiger partial charge >= 0.3 is 0 Å². The van der Waals surface area contributed by atoms with E-state index in [9.17, 15) is 4.79 Å². The van der Waals surface area contributed by atoms with Gasteiger partial charge in [-0.2, -0.15) is 0 Å². The highest BCUT2D eigenvalue weighted by molar-refractivity contribution is 5.97. The minimum atomic E-state index is -0.777. The molecule has 0 aliphatic rings. The van der Waals surface area contributed by atoms with Crippen LogP contribution in [0.4, 0.5) is 5.69 Å². The van der Waals surface area contributed by atoms with E-state index in [0.717, 1.165) is 24.3 Å². The average Bonchev–Trinajstić information content (AvgIpc) is 2.47. The summed E-state index contributed by atoms with van der Waals surface area (Å²) in [7, 11) is 0. The van der Waals surface area contributed by atoms with Crippen LogP contribution in [0.25, 0.3) is 0 Å². The molecule has 0 saturated carbocycles. The SMILES string of the molecule is CCCOc1ccc(NC(=O)C(C)(CCC)OCC)cc1. The molecule has 118 valence electrons. The second-order valence-electron chi connectivity index (χ2n) is 5.24. The van der Waals surface area contributed by atoms with Gasteiger partial charge in [0.25, 0.3) is 5.91 Å². The maximum Gasteiger partial charge on any atom is 0.256 e. The Morgan fingerprint density at radius 3 is 2.33 bits per heavy atom. The predicted molar refractivity (Wildman–Crippen MR) is 85.8 cm³/mol. The van der Waals surface area contributed by atoms with E-state index in [2.05, 4.69) is 12.2 Å². The van der Waals surface area contributed by atoms with Crippen molar-refractivity contribution >= 4 is 11.6 Å². The van der Waals surface area contributed by atoms with Crippen LogP contribution in [-0.4, -0.2) is 24.7 Å². The van der Waals surface area contributed by atoms with Gasteiger partial charge in [0, 0.05) is 12.3 Å². The molecule has 0 heterocycles. The smallest absolute Gasteiger partial charge is 0.256 e. The summed E-state index contributed by atoms with van der Waals surface area (Å²) in [6.45, 7) is 9.08. The summed E-state index contributed by atoms with van der Waals surface area (Å²) in [5, 5.41) is 2.92. The van der Waals surface area contributed by atoms with Crippen molar-refractivity contribution in [2.24, 2.45) is 0 Å². The van der Waals surface area contributed by atoms with E-state index in [1.807, 2.05) is 45.0 Å². The molecule has 4 nitrogen and oxygen atoms in total. The fourth-order valence-electron chi connectivity index (χ4n) is 2.16. The van der Waals surface area contributed by atoms with E-state index in [4.69, 9.17) is 9.47 Å². The highest BCUT2D eigenvalue weighted by Crippen LogP contribution is 2.22. The van der Waals surface area contributed by atoms with Crippen molar-refractivity contribution in [2.75, 3.05) is 18.5 Å². The number of ether oxygens (including phenoxy) is 2. The van der Waals surface area contributed by atoms with Crippen molar-refractivity contribution in [1.82, 2.24) is 0 Å². The van der Waals surface area contributed by atoms with Crippen LogP contribution in [-0.2, 0) is 9.53 Å². The van der Waals surface area contributed by atoms with Crippen molar-refractivity contribution < 1.29 is 14.3 Å². The van der Waals surface area contributed by atoms with Gasteiger partial charge in [0.1, 0.15) is 11.4 Å². The summed E-state index contributed by atoms with van der Waals surface area (Å²) >= 11 is 0. The first-order valence-corrected chi connectivity index (χ1v) is 7.74. The second kappa shape index (κ2) is 8.67. The summed E-state index contributed by atoms with van der Waals surface area (Å²) in [6, 6.07) is 7.43. The first kappa shape index (κ1) is 17.5. The normalized spacial score (nSPS) is 13.5. The number of rotatable bonds is 9. The number of anilines is 1. The molecular formula is C17H27NO3. The molecular weight excluding hydrogens is 266 g/mol. The number of carbonyl (C=O) groups excluding carboxylic acids is 1. The fraction of sp³-hybridized carbons (Fsp3) is 0.588. The topological polar surface area (TPSA) is 47.6 Å². The lowest BCUT2D eigenvalue weighted by Gasteiger charge is -2.27. The van der Waals surface area contributed by atoms with Crippen LogP contribution in [0.1, 0.15) is 47.0 Å². The first-order valence-electron chi connectivity index (χ1n) is 7.74. The predicted octanol–water partition coefficient (Wildman–Crippen LogP) is 4.01. The maximum absolute atomic E-state index is 12.4. The molecule has 21 heavy (non-hydrogen) atoms. The lowest BCUT2D eigenvalue weighted by molar-refractivity contribution is -0.139. The number of hydrogen-bond acceptors (Lipinski definition) is 3. The zero-order valence-electron chi connectivity index (χ0n) is 13.6. The molecule has 1 amide bonds. The Labute approximate surface area is 127 Å². The third kappa shape index (κ3) is 5.38. The van der Waals surface area contributed by atoms with E-state index in [0.29, 0.717) is 19.6 Å². The molecule has 1 rings (SSSR count). The van der Waals surface area contributed by atoms with Crippen molar-refractivity contribution in [3.05, 3.63) is 24.3 Å². The average molecular weight is 293 g/mol. The van der Waals surface area contributed by atoms with Crippen LogP contribution in [0.5, 0.6) is 5.75 Å². The number of benzene rings is 1. The van der Waals surface area contributed by atoms with E-state index >= 15 is 0 Å². The lowest BCUT2D eigenvalue weighted by Crippen LogP contribution is -2.42. The molecule has 0 fully saturated rings. The third-order valence-electron chi connectivity index (χ3n) is 3.26. The van der Waals surface area contributed by atoms with Crippen molar-refractivity contribution in [3.63, 3.8) is 0 Å². The highest BCUT2D eigenvalue weighted by Gasteiger charge is 2.32. The van der Waals surface area contributed by atoms with Crippen LogP contribution in [0.15, 0.2) is 24.3 Å². The van der Waals surface area contributed by atoms with Crippen molar-refractivity contribution in [3.8, 4) is 5.75 Å². The Bertz CT molecular complexity index is 422. The zero-order valence-corrected chi connectivity index (χ0v) is 13.6. The molecule has 0 spiro atoms. The standard InChI is InChI=1S/C17H27NO3/c1-5-12-17(4,21-7-3)16(19)18-14-8-10-15(11-9-14)20-13-6-2/h8-11H,5-7,12-13H2,1-4H3,(H,18,19). The molecule has 1 aromatic rings. The van der Waals surface area contributed by atoms with E-state index < -0.39 is 5.60 Å². The molecule has 0 aliphatic carbocycles. The van der Waals surface area contributed by atoms with Gasteiger partial charge in [-0.3, -0.25) is 4.79 Å². The maximum atomic E-state index is 12.4.